The summed E-state index contributed by atoms with van der Waals surface area (Å²) in [6.45, 7) is 3.15. The lowest BCUT2D eigenvalue weighted by atomic mass is 9.90. The van der Waals surface area contributed by atoms with E-state index in [1.807, 2.05) is 6.92 Å². The van der Waals surface area contributed by atoms with Gasteiger partial charge in [0.15, 0.2) is 0 Å². The lowest BCUT2D eigenvalue weighted by Crippen LogP contribution is -2.32. The summed E-state index contributed by atoms with van der Waals surface area (Å²) >= 11 is 0. The normalized spacial score (nSPS) is 21.0. The minimum Gasteiger partial charge on any atom is -0.381 e. The first kappa shape index (κ1) is 13.8. The molecule has 1 N–H and O–H groups in total. The van der Waals surface area contributed by atoms with Gasteiger partial charge in [0.2, 0.25) is 0 Å². The molecule has 16 heavy (non-hydrogen) atoms. The van der Waals surface area contributed by atoms with Crippen LogP contribution in [0.1, 0.15) is 26.2 Å². The van der Waals surface area contributed by atoms with Crippen LogP contribution in [0.3, 0.4) is 0 Å². The van der Waals surface area contributed by atoms with Crippen molar-refractivity contribution in [1.82, 2.24) is 5.32 Å². The summed E-state index contributed by atoms with van der Waals surface area (Å²) < 4.78 is 40.9. The zero-order valence-electron chi connectivity index (χ0n) is 9.65. The zero-order chi connectivity index (χ0) is 12.0. The maximum absolute atomic E-state index is 11.9. The average Bonchev–Trinajstić information content (AvgIpc) is 2.17. The largest absolute Gasteiger partial charge is 0.401 e. The van der Waals surface area contributed by atoms with Crippen molar-refractivity contribution in [2.45, 2.75) is 32.4 Å². The Labute approximate surface area is 94.5 Å². The molecular weight excluding hydrogens is 219 g/mol. The first-order valence-electron chi connectivity index (χ1n) is 5.82. The predicted molar refractivity (Wildman–Crippen MR) is 56.2 cm³/mol. The van der Waals surface area contributed by atoms with Crippen LogP contribution in [0, 0.1) is 11.8 Å². The molecule has 96 valence electrons. The first-order chi connectivity index (χ1) is 7.47. The second-order valence-electron chi connectivity index (χ2n) is 4.64. The quantitative estimate of drug-likeness (QED) is 0.796. The minimum absolute atomic E-state index is 0.297. The summed E-state index contributed by atoms with van der Waals surface area (Å²) in [6.07, 6.45) is -1.01. The van der Waals surface area contributed by atoms with Crippen molar-refractivity contribution < 1.29 is 17.9 Å². The molecule has 0 radical (unpaired) electrons. The van der Waals surface area contributed by atoms with Crippen molar-refractivity contribution in [3.05, 3.63) is 0 Å². The Balaban J connectivity index is 2.08. The highest BCUT2D eigenvalue weighted by atomic mass is 19.4. The molecular formula is C11H20F3NO. The maximum Gasteiger partial charge on any atom is 0.401 e. The van der Waals surface area contributed by atoms with Crippen molar-refractivity contribution in [3.63, 3.8) is 0 Å². The van der Waals surface area contributed by atoms with Crippen LogP contribution in [0.25, 0.3) is 0 Å². The molecule has 0 aromatic heterocycles. The summed E-state index contributed by atoms with van der Waals surface area (Å²) in [4.78, 5) is 0. The van der Waals surface area contributed by atoms with Gasteiger partial charge in [-0.25, -0.2) is 0 Å². The third kappa shape index (κ3) is 6.33. The van der Waals surface area contributed by atoms with Crippen LogP contribution < -0.4 is 5.32 Å². The van der Waals surface area contributed by atoms with Crippen LogP contribution in [0.2, 0.25) is 0 Å². The van der Waals surface area contributed by atoms with E-state index < -0.39 is 12.7 Å². The topological polar surface area (TPSA) is 21.3 Å². The van der Waals surface area contributed by atoms with E-state index in [1.54, 1.807) is 0 Å². The number of nitrogens with one attached hydrogen (secondary N) is 1. The molecule has 0 aliphatic carbocycles. The van der Waals surface area contributed by atoms with Gasteiger partial charge in [-0.05, 0) is 37.6 Å². The highest BCUT2D eigenvalue weighted by Crippen LogP contribution is 2.22. The van der Waals surface area contributed by atoms with Crippen molar-refractivity contribution in [1.29, 1.82) is 0 Å². The van der Waals surface area contributed by atoms with Gasteiger partial charge in [-0.2, -0.15) is 13.2 Å². The van der Waals surface area contributed by atoms with Crippen molar-refractivity contribution in [3.8, 4) is 0 Å². The van der Waals surface area contributed by atoms with Gasteiger partial charge >= 0.3 is 6.18 Å². The van der Waals surface area contributed by atoms with Crippen molar-refractivity contribution >= 4 is 0 Å². The third-order valence-electron chi connectivity index (χ3n) is 2.89. The van der Waals surface area contributed by atoms with Gasteiger partial charge < -0.3 is 10.1 Å². The van der Waals surface area contributed by atoms with Gasteiger partial charge in [0.1, 0.15) is 0 Å². The Morgan fingerprint density at radius 2 is 1.94 bits per heavy atom. The van der Waals surface area contributed by atoms with Crippen LogP contribution in [-0.2, 0) is 4.74 Å². The molecule has 1 unspecified atom stereocenters. The highest BCUT2D eigenvalue weighted by molar-refractivity contribution is 4.69. The number of rotatable bonds is 5. The second-order valence-corrected chi connectivity index (χ2v) is 4.64. The van der Waals surface area contributed by atoms with Crippen LogP contribution in [0.4, 0.5) is 13.2 Å². The molecule has 0 bridgehead atoms. The Bertz CT molecular complexity index is 190. The first-order valence-corrected chi connectivity index (χ1v) is 5.82. The minimum atomic E-state index is -4.10. The monoisotopic (exact) mass is 239 g/mol. The fourth-order valence-corrected chi connectivity index (χ4v) is 2.09. The number of hydrogen-bond acceptors (Lipinski definition) is 2. The van der Waals surface area contributed by atoms with E-state index in [4.69, 9.17) is 4.74 Å². The molecule has 1 fully saturated rings. The molecule has 1 rings (SSSR count). The molecule has 0 aromatic carbocycles. The van der Waals surface area contributed by atoms with E-state index in [2.05, 4.69) is 5.32 Å². The summed E-state index contributed by atoms with van der Waals surface area (Å²) in [6, 6.07) is 0. The van der Waals surface area contributed by atoms with Gasteiger partial charge in [0.25, 0.3) is 0 Å². The number of ether oxygens (including phenoxy) is 1. The number of alkyl halides is 3. The Hall–Kier alpha value is -0.290. The lowest BCUT2D eigenvalue weighted by Gasteiger charge is -2.25. The fourth-order valence-electron chi connectivity index (χ4n) is 2.09. The maximum atomic E-state index is 11.9. The van der Waals surface area contributed by atoms with E-state index in [0.717, 1.165) is 32.5 Å². The van der Waals surface area contributed by atoms with Crippen LogP contribution in [-0.4, -0.2) is 32.5 Å². The summed E-state index contributed by atoms with van der Waals surface area (Å²) in [5.41, 5.74) is 0. The smallest absolute Gasteiger partial charge is 0.381 e. The summed E-state index contributed by atoms with van der Waals surface area (Å²) in [5, 5.41) is 2.46. The SMILES string of the molecule is CC(CNCC(F)(F)F)CC1CCOCC1. The van der Waals surface area contributed by atoms with E-state index in [1.165, 1.54) is 0 Å². The number of halogens is 3. The standard InChI is InChI=1S/C11H20F3NO/c1-9(7-15-8-11(12,13)14)6-10-2-4-16-5-3-10/h9-10,15H,2-8H2,1H3. The van der Waals surface area contributed by atoms with Crippen LogP contribution in [0.5, 0.6) is 0 Å². The van der Waals surface area contributed by atoms with Gasteiger partial charge in [-0.1, -0.05) is 6.92 Å². The highest BCUT2D eigenvalue weighted by Gasteiger charge is 2.26. The molecule has 0 spiro atoms. The van der Waals surface area contributed by atoms with E-state index in [0.29, 0.717) is 18.4 Å². The molecule has 5 heteroatoms. The van der Waals surface area contributed by atoms with Crippen LogP contribution in [0.15, 0.2) is 0 Å². The van der Waals surface area contributed by atoms with Gasteiger partial charge in [0, 0.05) is 13.2 Å². The molecule has 1 heterocycles. The van der Waals surface area contributed by atoms with E-state index >= 15 is 0 Å². The van der Waals surface area contributed by atoms with E-state index in [9.17, 15) is 13.2 Å². The van der Waals surface area contributed by atoms with Crippen molar-refractivity contribution in [2.75, 3.05) is 26.3 Å². The van der Waals surface area contributed by atoms with Crippen LogP contribution >= 0.6 is 0 Å². The molecule has 0 saturated carbocycles. The van der Waals surface area contributed by atoms with Gasteiger partial charge in [-0.3, -0.25) is 0 Å². The predicted octanol–water partition coefficient (Wildman–Crippen LogP) is 2.59. The fraction of sp³-hybridized carbons (Fsp3) is 1.00. The molecule has 0 aromatic rings. The molecule has 2 nitrogen and oxygen atoms in total. The zero-order valence-corrected chi connectivity index (χ0v) is 9.65. The van der Waals surface area contributed by atoms with Gasteiger partial charge in [-0.15, -0.1) is 0 Å². The van der Waals surface area contributed by atoms with Gasteiger partial charge in [0.05, 0.1) is 6.54 Å². The lowest BCUT2D eigenvalue weighted by molar-refractivity contribution is -0.125. The van der Waals surface area contributed by atoms with E-state index in [-0.39, 0.29) is 0 Å². The molecule has 0 amide bonds. The molecule has 1 atom stereocenters. The Morgan fingerprint density at radius 1 is 1.31 bits per heavy atom. The average molecular weight is 239 g/mol. The number of hydrogen-bond donors (Lipinski definition) is 1. The summed E-state index contributed by atoms with van der Waals surface area (Å²) in [7, 11) is 0. The Morgan fingerprint density at radius 3 is 2.50 bits per heavy atom. The molecule has 1 aliphatic rings. The summed E-state index contributed by atoms with van der Waals surface area (Å²) in [5.74, 6) is 0.918. The van der Waals surface area contributed by atoms with Crippen molar-refractivity contribution in [2.24, 2.45) is 11.8 Å². The third-order valence-corrected chi connectivity index (χ3v) is 2.89. The molecule has 1 aliphatic heterocycles. The second kappa shape index (κ2) is 6.45. The Kier molecular flexibility index (Phi) is 5.55. The molecule has 1 saturated heterocycles.